The van der Waals surface area contributed by atoms with Gasteiger partial charge in [-0.2, -0.15) is 0 Å². The third kappa shape index (κ3) is 6.03. The number of amides is 1. The van der Waals surface area contributed by atoms with Crippen molar-refractivity contribution in [2.75, 3.05) is 13.2 Å². The first-order valence-corrected chi connectivity index (χ1v) is 6.55. The van der Waals surface area contributed by atoms with Gasteiger partial charge in [0, 0.05) is 18.7 Å². The SMILES string of the molecule is CC(NCC1CCCCO1)C(=O)NC(C)(C)C. The molecule has 1 fully saturated rings. The van der Waals surface area contributed by atoms with E-state index in [0.717, 1.165) is 26.0 Å². The molecule has 0 aromatic carbocycles. The third-order valence-corrected chi connectivity index (χ3v) is 2.82. The molecule has 0 saturated carbocycles. The Bertz CT molecular complexity index is 242. The van der Waals surface area contributed by atoms with E-state index in [2.05, 4.69) is 10.6 Å². The van der Waals surface area contributed by atoms with Crippen LogP contribution in [0.15, 0.2) is 0 Å². The predicted octanol–water partition coefficient (Wildman–Crippen LogP) is 1.45. The number of hydrogen-bond acceptors (Lipinski definition) is 3. The summed E-state index contributed by atoms with van der Waals surface area (Å²) in [7, 11) is 0. The van der Waals surface area contributed by atoms with E-state index in [0.29, 0.717) is 0 Å². The van der Waals surface area contributed by atoms with Crippen molar-refractivity contribution >= 4 is 5.91 Å². The number of carbonyl (C=O) groups is 1. The molecule has 1 heterocycles. The van der Waals surface area contributed by atoms with E-state index in [1.165, 1.54) is 6.42 Å². The van der Waals surface area contributed by atoms with Gasteiger partial charge >= 0.3 is 0 Å². The van der Waals surface area contributed by atoms with Crippen LogP contribution < -0.4 is 10.6 Å². The summed E-state index contributed by atoms with van der Waals surface area (Å²) in [6.07, 6.45) is 3.76. The molecule has 1 saturated heterocycles. The van der Waals surface area contributed by atoms with Crippen LogP contribution in [0.25, 0.3) is 0 Å². The van der Waals surface area contributed by atoms with Gasteiger partial charge in [0.15, 0.2) is 0 Å². The average molecular weight is 242 g/mol. The molecular formula is C13H26N2O2. The van der Waals surface area contributed by atoms with Crippen molar-refractivity contribution in [3.8, 4) is 0 Å². The summed E-state index contributed by atoms with van der Waals surface area (Å²) in [4.78, 5) is 11.8. The zero-order chi connectivity index (χ0) is 12.9. The lowest BCUT2D eigenvalue weighted by molar-refractivity contribution is -0.124. The van der Waals surface area contributed by atoms with E-state index in [9.17, 15) is 4.79 Å². The van der Waals surface area contributed by atoms with Crippen molar-refractivity contribution in [3.05, 3.63) is 0 Å². The van der Waals surface area contributed by atoms with Gasteiger partial charge in [-0.15, -0.1) is 0 Å². The molecule has 0 spiro atoms. The first-order chi connectivity index (χ1) is 7.88. The lowest BCUT2D eigenvalue weighted by Gasteiger charge is -2.26. The van der Waals surface area contributed by atoms with Gasteiger partial charge in [-0.25, -0.2) is 0 Å². The first-order valence-electron chi connectivity index (χ1n) is 6.55. The van der Waals surface area contributed by atoms with Crippen LogP contribution in [0, 0.1) is 0 Å². The van der Waals surface area contributed by atoms with Crippen molar-refractivity contribution in [2.45, 2.75) is 64.6 Å². The van der Waals surface area contributed by atoms with E-state index >= 15 is 0 Å². The Morgan fingerprint density at radius 3 is 2.65 bits per heavy atom. The predicted molar refractivity (Wildman–Crippen MR) is 69.0 cm³/mol. The van der Waals surface area contributed by atoms with Crippen LogP contribution in [-0.4, -0.2) is 36.7 Å². The van der Waals surface area contributed by atoms with Crippen LogP contribution >= 0.6 is 0 Å². The van der Waals surface area contributed by atoms with E-state index in [-0.39, 0.29) is 23.6 Å². The zero-order valence-corrected chi connectivity index (χ0v) is 11.5. The van der Waals surface area contributed by atoms with Crippen molar-refractivity contribution in [1.82, 2.24) is 10.6 Å². The van der Waals surface area contributed by atoms with Gasteiger partial charge in [-0.1, -0.05) is 0 Å². The summed E-state index contributed by atoms with van der Waals surface area (Å²) in [6.45, 7) is 9.48. The van der Waals surface area contributed by atoms with E-state index < -0.39 is 0 Å². The average Bonchev–Trinajstić information content (AvgIpc) is 2.25. The molecule has 17 heavy (non-hydrogen) atoms. The zero-order valence-electron chi connectivity index (χ0n) is 11.5. The van der Waals surface area contributed by atoms with Crippen molar-refractivity contribution in [2.24, 2.45) is 0 Å². The molecular weight excluding hydrogens is 216 g/mol. The van der Waals surface area contributed by atoms with Crippen molar-refractivity contribution in [3.63, 3.8) is 0 Å². The number of rotatable bonds is 4. The van der Waals surface area contributed by atoms with Crippen molar-refractivity contribution in [1.29, 1.82) is 0 Å². The van der Waals surface area contributed by atoms with Crippen LogP contribution in [-0.2, 0) is 9.53 Å². The van der Waals surface area contributed by atoms with Gasteiger partial charge in [0.2, 0.25) is 5.91 Å². The van der Waals surface area contributed by atoms with Crippen LogP contribution in [0.2, 0.25) is 0 Å². The Morgan fingerprint density at radius 1 is 1.41 bits per heavy atom. The summed E-state index contributed by atoms with van der Waals surface area (Å²) in [5, 5.41) is 6.20. The fourth-order valence-corrected chi connectivity index (χ4v) is 1.85. The highest BCUT2D eigenvalue weighted by Gasteiger charge is 2.20. The quantitative estimate of drug-likeness (QED) is 0.784. The minimum absolute atomic E-state index is 0.0494. The molecule has 0 aromatic rings. The molecule has 1 rings (SSSR count). The van der Waals surface area contributed by atoms with Crippen LogP contribution in [0.1, 0.15) is 47.0 Å². The van der Waals surface area contributed by atoms with Gasteiger partial charge in [0.05, 0.1) is 12.1 Å². The second kappa shape index (κ2) is 6.36. The molecule has 2 N–H and O–H groups in total. The lowest BCUT2D eigenvalue weighted by Crippen LogP contribution is -2.51. The molecule has 4 heteroatoms. The molecule has 100 valence electrons. The van der Waals surface area contributed by atoms with Crippen molar-refractivity contribution < 1.29 is 9.53 Å². The monoisotopic (exact) mass is 242 g/mol. The Labute approximate surface area is 104 Å². The highest BCUT2D eigenvalue weighted by molar-refractivity contribution is 5.81. The van der Waals surface area contributed by atoms with Gasteiger partial charge in [-0.3, -0.25) is 4.79 Å². The molecule has 2 unspecified atom stereocenters. The topological polar surface area (TPSA) is 50.4 Å². The van der Waals surface area contributed by atoms with E-state index in [1.807, 2.05) is 27.7 Å². The Kier molecular flexibility index (Phi) is 5.40. The Hall–Kier alpha value is -0.610. The van der Waals surface area contributed by atoms with E-state index in [4.69, 9.17) is 4.74 Å². The smallest absolute Gasteiger partial charge is 0.237 e. The summed E-state index contributed by atoms with van der Waals surface area (Å²) in [5.41, 5.74) is -0.172. The molecule has 0 bridgehead atoms. The summed E-state index contributed by atoms with van der Waals surface area (Å²) >= 11 is 0. The highest BCUT2D eigenvalue weighted by Crippen LogP contribution is 2.11. The first kappa shape index (κ1) is 14.5. The normalized spacial score (nSPS) is 23.2. The Balaban J connectivity index is 2.23. The molecule has 1 aliphatic rings. The van der Waals surface area contributed by atoms with Crippen LogP contribution in [0.3, 0.4) is 0 Å². The van der Waals surface area contributed by atoms with Gasteiger partial charge in [0.1, 0.15) is 0 Å². The molecule has 1 aliphatic heterocycles. The van der Waals surface area contributed by atoms with Crippen LogP contribution in [0.4, 0.5) is 0 Å². The second-order valence-electron chi connectivity index (χ2n) is 5.86. The van der Waals surface area contributed by atoms with Gasteiger partial charge < -0.3 is 15.4 Å². The Morgan fingerprint density at radius 2 is 2.12 bits per heavy atom. The fourth-order valence-electron chi connectivity index (χ4n) is 1.85. The molecule has 0 radical (unpaired) electrons. The van der Waals surface area contributed by atoms with E-state index in [1.54, 1.807) is 0 Å². The molecule has 0 aromatic heterocycles. The summed E-state index contributed by atoms with van der Waals surface area (Å²) in [6, 6.07) is -0.167. The largest absolute Gasteiger partial charge is 0.377 e. The lowest BCUT2D eigenvalue weighted by atomic mass is 10.1. The summed E-state index contributed by atoms with van der Waals surface area (Å²) in [5.74, 6) is 0.0494. The van der Waals surface area contributed by atoms with Gasteiger partial charge in [0.25, 0.3) is 0 Å². The molecule has 2 atom stereocenters. The third-order valence-electron chi connectivity index (χ3n) is 2.82. The minimum Gasteiger partial charge on any atom is -0.377 e. The van der Waals surface area contributed by atoms with Crippen LogP contribution in [0.5, 0.6) is 0 Å². The minimum atomic E-state index is -0.172. The number of hydrogen-bond donors (Lipinski definition) is 2. The number of ether oxygens (including phenoxy) is 1. The maximum absolute atomic E-state index is 11.8. The standard InChI is InChI=1S/C13H26N2O2/c1-10(12(16)15-13(2,3)4)14-9-11-7-5-6-8-17-11/h10-11,14H,5-9H2,1-4H3,(H,15,16). The maximum atomic E-state index is 11.8. The molecule has 1 amide bonds. The fraction of sp³-hybridized carbons (Fsp3) is 0.923. The highest BCUT2D eigenvalue weighted by atomic mass is 16.5. The second-order valence-corrected chi connectivity index (χ2v) is 5.86. The van der Waals surface area contributed by atoms with Gasteiger partial charge in [-0.05, 0) is 47.0 Å². The molecule has 0 aliphatic carbocycles. The number of carbonyl (C=O) groups excluding carboxylic acids is 1. The molecule has 4 nitrogen and oxygen atoms in total. The summed E-state index contributed by atoms with van der Waals surface area (Å²) < 4.78 is 5.61. The maximum Gasteiger partial charge on any atom is 0.237 e. The number of nitrogens with one attached hydrogen (secondary N) is 2.